The lowest BCUT2D eigenvalue weighted by atomic mass is 10.0. The number of nitrogens with zero attached hydrogens (tertiary/aromatic N) is 1. The quantitative estimate of drug-likeness (QED) is 0.602. The molecule has 0 radical (unpaired) electrons. The van der Waals surface area contributed by atoms with E-state index in [0.29, 0.717) is 5.56 Å². The second-order valence-corrected chi connectivity index (χ2v) is 7.38. The van der Waals surface area contributed by atoms with Crippen molar-refractivity contribution in [3.8, 4) is 11.1 Å². The summed E-state index contributed by atoms with van der Waals surface area (Å²) in [6, 6.07) is 25.1. The van der Waals surface area contributed by atoms with Gasteiger partial charge >= 0.3 is 5.97 Å². The number of fused-ring (bicyclic) bond motifs is 1. The minimum atomic E-state index is -0.857. The van der Waals surface area contributed by atoms with E-state index in [1.165, 1.54) is 0 Å². The molecule has 0 bridgehead atoms. The van der Waals surface area contributed by atoms with Crippen LogP contribution in [0, 0.1) is 0 Å². The number of benzene rings is 3. The molecule has 0 fully saturated rings. The fourth-order valence-electron chi connectivity index (χ4n) is 3.81. The molecule has 0 aromatic heterocycles. The normalized spacial score (nSPS) is 16.2. The summed E-state index contributed by atoms with van der Waals surface area (Å²) in [5, 5.41) is 0. The van der Waals surface area contributed by atoms with E-state index >= 15 is 0 Å². The average molecular weight is 385 g/mol. The highest BCUT2D eigenvalue weighted by Crippen LogP contribution is 2.32. The zero-order valence-electron chi connectivity index (χ0n) is 16.5. The predicted octanol–water partition coefficient (Wildman–Crippen LogP) is 4.88. The standard InChI is InChI=1S/C25H23NO3/c1-17-16-22-10-6-7-11-23(22)26(17)24(27)18(2)29-25(28)21-14-12-20(13-15-21)19-8-4-3-5-9-19/h3-15,17-18H,16H2,1-2H3/t17-,18+/m0/s1. The van der Waals surface area contributed by atoms with Crippen molar-refractivity contribution in [2.45, 2.75) is 32.4 Å². The van der Waals surface area contributed by atoms with Gasteiger partial charge in [-0.1, -0.05) is 60.7 Å². The summed E-state index contributed by atoms with van der Waals surface area (Å²) >= 11 is 0. The predicted molar refractivity (Wildman–Crippen MR) is 114 cm³/mol. The van der Waals surface area contributed by atoms with Gasteiger partial charge in [0.25, 0.3) is 5.91 Å². The molecule has 3 aromatic rings. The van der Waals surface area contributed by atoms with Crippen molar-refractivity contribution < 1.29 is 14.3 Å². The van der Waals surface area contributed by atoms with E-state index in [9.17, 15) is 9.59 Å². The lowest BCUT2D eigenvalue weighted by molar-refractivity contribution is -0.126. The molecule has 2 atom stereocenters. The summed E-state index contributed by atoms with van der Waals surface area (Å²) in [6.07, 6.45) is -0.0475. The topological polar surface area (TPSA) is 46.6 Å². The first-order valence-electron chi connectivity index (χ1n) is 9.82. The smallest absolute Gasteiger partial charge is 0.338 e. The van der Waals surface area contributed by atoms with Crippen LogP contribution in [0.4, 0.5) is 5.69 Å². The summed E-state index contributed by atoms with van der Waals surface area (Å²) in [4.78, 5) is 27.3. The third-order valence-corrected chi connectivity index (χ3v) is 5.30. The molecular formula is C25H23NO3. The van der Waals surface area contributed by atoms with Gasteiger partial charge in [0.1, 0.15) is 0 Å². The highest BCUT2D eigenvalue weighted by Gasteiger charge is 2.34. The van der Waals surface area contributed by atoms with E-state index in [4.69, 9.17) is 4.74 Å². The molecule has 1 heterocycles. The van der Waals surface area contributed by atoms with Crippen LogP contribution in [-0.4, -0.2) is 24.0 Å². The number of carbonyl (C=O) groups is 2. The monoisotopic (exact) mass is 385 g/mol. The number of carbonyl (C=O) groups excluding carboxylic acids is 2. The number of esters is 1. The number of amides is 1. The minimum absolute atomic E-state index is 0.0474. The van der Waals surface area contributed by atoms with Crippen LogP contribution < -0.4 is 4.90 Å². The second-order valence-electron chi connectivity index (χ2n) is 7.38. The van der Waals surface area contributed by atoms with Crippen LogP contribution in [0.2, 0.25) is 0 Å². The fourth-order valence-corrected chi connectivity index (χ4v) is 3.81. The zero-order chi connectivity index (χ0) is 20.4. The van der Waals surface area contributed by atoms with Crippen molar-refractivity contribution in [3.05, 3.63) is 90.0 Å². The van der Waals surface area contributed by atoms with Crippen LogP contribution in [0.1, 0.15) is 29.8 Å². The molecule has 0 N–H and O–H groups in total. The Labute approximate surface area is 170 Å². The van der Waals surface area contributed by atoms with Crippen molar-refractivity contribution in [2.75, 3.05) is 4.90 Å². The number of para-hydroxylation sites is 1. The van der Waals surface area contributed by atoms with Crippen LogP contribution in [-0.2, 0) is 16.0 Å². The first kappa shape index (κ1) is 18.9. The highest BCUT2D eigenvalue weighted by atomic mass is 16.5. The molecule has 0 saturated heterocycles. The van der Waals surface area contributed by atoms with Gasteiger partial charge < -0.3 is 9.64 Å². The van der Waals surface area contributed by atoms with Crippen LogP contribution in [0.15, 0.2) is 78.9 Å². The molecule has 4 heteroatoms. The van der Waals surface area contributed by atoms with Crippen molar-refractivity contribution in [3.63, 3.8) is 0 Å². The lowest BCUT2D eigenvalue weighted by Gasteiger charge is -2.26. The molecule has 0 saturated carbocycles. The summed E-state index contributed by atoms with van der Waals surface area (Å²) < 4.78 is 5.49. The number of ether oxygens (including phenoxy) is 1. The lowest BCUT2D eigenvalue weighted by Crippen LogP contribution is -2.43. The fraction of sp³-hybridized carbons (Fsp3) is 0.200. The Kier molecular flexibility index (Phi) is 5.17. The average Bonchev–Trinajstić information content (AvgIpc) is 3.09. The highest BCUT2D eigenvalue weighted by molar-refractivity contribution is 6.01. The van der Waals surface area contributed by atoms with E-state index in [-0.39, 0.29) is 11.9 Å². The third kappa shape index (κ3) is 3.79. The Morgan fingerprint density at radius 2 is 1.52 bits per heavy atom. The molecule has 0 spiro atoms. The van der Waals surface area contributed by atoms with Crippen molar-refractivity contribution in [1.29, 1.82) is 0 Å². The Morgan fingerprint density at radius 1 is 0.897 bits per heavy atom. The maximum Gasteiger partial charge on any atom is 0.338 e. The Bertz CT molecular complexity index is 1030. The number of hydrogen-bond acceptors (Lipinski definition) is 3. The molecule has 4 rings (SSSR count). The summed E-state index contributed by atoms with van der Waals surface area (Å²) in [7, 11) is 0. The van der Waals surface area contributed by atoms with Gasteiger partial charge in [0, 0.05) is 11.7 Å². The summed E-state index contributed by atoms with van der Waals surface area (Å²) in [5.74, 6) is -0.692. The van der Waals surface area contributed by atoms with E-state index < -0.39 is 12.1 Å². The number of hydrogen-bond donors (Lipinski definition) is 0. The second kappa shape index (κ2) is 7.92. The molecule has 1 amide bonds. The molecule has 1 aliphatic heterocycles. The molecule has 0 aliphatic carbocycles. The van der Waals surface area contributed by atoms with Crippen molar-refractivity contribution >= 4 is 17.6 Å². The molecule has 4 nitrogen and oxygen atoms in total. The van der Waals surface area contributed by atoms with Crippen molar-refractivity contribution in [1.82, 2.24) is 0 Å². The Hall–Kier alpha value is -3.40. The molecule has 1 aliphatic rings. The molecule has 3 aromatic carbocycles. The first-order chi connectivity index (χ1) is 14.0. The van der Waals surface area contributed by atoms with Gasteiger partial charge in [0.2, 0.25) is 0 Å². The van der Waals surface area contributed by atoms with Crippen LogP contribution >= 0.6 is 0 Å². The first-order valence-corrected chi connectivity index (χ1v) is 9.82. The van der Waals surface area contributed by atoms with Gasteiger partial charge in [-0.2, -0.15) is 0 Å². The van der Waals surface area contributed by atoms with Gasteiger partial charge in [-0.05, 0) is 55.2 Å². The van der Waals surface area contributed by atoms with Crippen LogP contribution in [0.3, 0.4) is 0 Å². The summed E-state index contributed by atoms with van der Waals surface area (Å²) in [5.41, 5.74) is 4.58. The maximum absolute atomic E-state index is 13.0. The van der Waals surface area contributed by atoms with Crippen LogP contribution in [0.5, 0.6) is 0 Å². The van der Waals surface area contributed by atoms with Gasteiger partial charge in [-0.3, -0.25) is 4.79 Å². The maximum atomic E-state index is 13.0. The van der Waals surface area contributed by atoms with Gasteiger partial charge in [-0.15, -0.1) is 0 Å². The zero-order valence-corrected chi connectivity index (χ0v) is 16.5. The van der Waals surface area contributed by atoms with Gasteiger partial charge in [-0.25, -0.2) is 4.79 Å². The molecule has 29 heavy (non-hydrogen) atoms. The minimum Gasteiger partial charge on any atom is -0.449 e. The van der Waals surface area contributed by atoms with E-state index in [2.05, 4.69) is 0 Å². The Morgan fingerprint density at radius 3 is 2.24 bits per heavy atom. The van der Waals surface area contributed by atoms with E-state index in [0.717, 1.165) is 28.8 Å². The molecule has 146 valence electrons. The molecule has 0 unspecified atom stereocenters. The van der Waals surface area contributed by atoms with Gasteiger partial charge in [0.05, 0.1) is 5.56 Å². The molecular weight excluding hydrogens is 362 g/mol. The Balaban J connectivity index is 1.45. The van der Waals surface area contributed by atoms with Gasteiger partial charge in [0.15, 0.2) is 6.10 Å². The number of anilines is 1. The largest absolute Gasteiger partial charge is 0.449 e. The number of rotatable bonds is 4. The summed E-state index contributed by atoms with van der Waals surface area (Å²) in [6.45, 7) is 3.64. The van der Waals surface area contributed by atoms with Crippen LogP contribution in [0.25, 0.3) is 11.1 Å². The van der Waals surface area contributed by atoms with E-state index in [1.54, 1.807) is 24.0 Å². The SMILES string of the molecule is C[C@@H](OC(=O)c1ccc(-c2ccccc2)cc1)C(=O)N1c2ccccc2C[C@@H]1C. The van der Waals surface area contributed by atoms with Crippen molar-refractivity contribution in [2.24, 2.45) is 0 Å². The third-order valence-electron chi connectivity index (χ3n) is 5.30. The van der Waals surface area contributed by atoms with E-state index in [1.807, 2.05) is 73.7 Å².